The molecule has 4 aromatic carbocycles. The van der Waals surface area contributed by atoms with Crippen molar-refractivity contribution in [2.75, 3.05) is 39.5 Å². The summed E-state index contributed by atoms with van der Waals surface area (Å²) in [7, 11) is 0. The van der Waals surface area contributed by atoms with E-state index in [1.54, 1.807) is 30.3 Å². The summed E-state index contributed by atoms with van der Waals surface area (Å²) in [6.07, 6.45) is -29.9. The Kier molecular flexibility index (Phi) is 29.6. The number of aliphatic carboxylic acids is 1. The van der Waals surface area contributed by atoms with Gasteiger partial charge in [-0.05, 0) is 54.2 Å². The third-order valence-corrected chi connectivity index (χ3v) is 17.8. The Hall–Kier alpha value is -9.11. The Morgan fingerprint density at radius 1 is 0.626 bits per heavy atom. The number of carbonyl (C=O) groups is 6. The van der Waals surface area contributed by atoms with E-state index in [-0.39, 0.29) is 43.3 Å². The van der Waals surface area contributed by atoms with Gasteiger partial charge in [0.2, 0.25) is 47.7 Å². The Labute approximate surface area is 610 Å². The van der Waals surface area contributed by atoms with Crippen LogP contribution in [0.15, 0.2) is 129 Å². The maximum Gasteiger partial charge on any atom is 0.322 e. The second kappa shape index (κ2) is 38.6. The number of benzene rings is 4. The Balaban J connectivity index is 0.966. The van der Waals surface area contributed by atoms with E-state index in [0.717, 1.165) is 22.9 Å². The highest BCUT2D eigenvalue weighted by Crippen LogP contribution is 2.33. The van der Waals surface area contributed by atoms with Crippen molar-refractivity contribution in [3.8, 4) is 5.75 Å². The van der Waals surface area contributed by atoms with Gasteiger partial charge in [-0.1, -0.05) is 103 Å². The van der Waals surface area contributed by atoms with Crippen LogP contribution in [0.25, 0.3) is 0 Å². The molecule has 107 heavy (non-hydrogen) atoms. The van der Waals surface area contributed by atoms with Gasteiger partial charge in [0.05, 0.1) is 69.9 Å². The van der Waals surface area contributed by atoms with Gasteiger partial charge in [0.1, 0.15) is 122 Å². The number of carboxylic acid groups (broad SMARTS) is 1. The fourth-order valence-electron chi connectivity index (χ4n) is 12.0. The molecular formula is C69H88N12O26. The van der Waals surface area contributed by atoms with Gasteiger partial charge in [0, 0.05) is 6.42 Å². The van der Waals surface area contributed by atoms with E-state index >= 15 is 9.59 Å². The van der Waals surface area contributed by atoms with Gasteiger partial charge in [-0.15, -0.1) is 0 Å². The number of guanidine groups is 2. The lowest BCUT2D eigenvalue weighted by Gasteiger charge is -2.46. The van der Waals surface area contributed by atoms with Gasteiger partial charge in [-0.25, -0.2) is 20.0 Å². The molecule has 0 aromatic heterocycles. The average Bonchev–Trinajstić information content (AvgIpc) is 1.14. The molecule has 0 spiro atoms. The maximum absolute atomic E-state index is 15.2. The van der Waals surface area contributed by atoms with Gasteiger partial charge < -0.3 is 137 Å². The van der Waals surface area contributed by atoms with Crippen molar-refractivity contribution in [1.82, 2.24) is 26.6 Å². The van der Waals surface area contributed by atoms with Crippen molar-refractivity contribution in [1.29, 1.82) is 5.41 Å². The van der Waals surface area contributed by atoms with Gasteiger partial charge in [-0.3, -0.25) is 34.2 Å². The molecule has 3 fully saturated rings. The molecule has 9 rings (SSSR count). The zero-order chi connectivity index (χ0) is 77.2. The van der Waals surface area contributed by atoms with Crippen LogP contribution in [0.4, 0.5) is 0 Å². The van der Waals surface area contributed by atoms with E-state index in [9.17, 15) is 80.5 Å². The lowest BCUT2D eigenvalue weighted by molar-refractivity contribution is -0.356. The van der Waals surface area contributed by atoms with E-state index in [1.165, 1.54) is 24.3 Å². The summed E-state index contributed by atoms with van der Waals surface area (Å²) >= 11 is 0. The molecule has 5 amide bonds. The molecule has 3 saturated heterocycles. The number of hydrogen-bond donors (Lipinski definition) is 20. The van der Waals surface area contributed by atoms with Crippen LogP contribution in [0, 0.1) is 12.3 Å². The number of ether oxygens (including phenoxy) is 8. The van der Waals surface area contributed by atoms with Gasteiger partial charge in [0.15, 0.2) is 12.6 Å². The highest BCUT2D eigenvalue weighted by molar-refractivity contribution is 6.40. The van der Waals surface area contributed by atoms with E-state index in [1.807, 2.05) is 66.8 Å². The second-order valence-electron chi connectivity index (χ2n) is 25.7. The van der Waals surface area contributed by atoms with Crippen LogP contribution in [0.2, 0.25) is 0 Å². The summed E-state index contributed by atoms with van der Waals surface area (Å²) < 4.78 is 47.7. The molecule has 5 aliphatic rings. The smallest absolute Gasteiger partial charge is 0.322 e. The summed E-state index contributed by atoms with van der Waals surface area (Å²) in [5.41, 5.74) is 15.0. The van der Waals surface area contributed by atoms with Crippen LogP contribution < -0.4 is 42.8 Å². The summed E-state index contributed by atoms with van der Waals surface area (Å²) in [5.74, 6) is -9.21. The Bertz CT molecular complexity index is 3810. The van der Waals surface area contributed by atoms with E-state index in [0.29, 0.717) is 12.0 Å². The number of nitrogens with two attached hydrogens (primary N) is 2. The standard InChI is InChI=1S/C69H88N12O26/c1-32-9-8-14-33(21-32)17-20-38(70)60(95)76-39(22-34-15-18-37(19-16-34)102-65-55(93)53(91)58(44(28-84)104-65)107-67-56(94)59(101-30-36-12-6-3-7-13-36)51(89)45(105-67)31-100-29-35-10-4-2-5-11-35)62(97)80-47(49(87)40-23-74-68(71)78-40)63(98)81-48(64(99)77-42(26-82)61(96)73-25-46(85)86)57(41-24-75-69(72)79-41)106-66-54(92)52(90)50(88)43(27-83)103-66/h2-16,18-19,21,23,38-39,42-45,47-59,65-67,71,82-84,87-94H,17,20,22,24-31,70H2,1H3,(H2,72,75)(H,73,96)(H,76,95)(H,77,99)(H,80,97)(H,81,98)(H,85,86)/t38-,39-,42-,43?,44?,45?,47-,48-,49?,50?,51?,52?,53?,54?,55?,56?,57?,58?,59?,65?,66?,67?/m0/s1. The van der Waals surface area contributed by atoms with Crippen LogP contribution in [0.3, 0.4) is 0 Å². The molecule has 17 unspecified atom stereocenters. The predicted octanol–water partition coefficient (Wildman–Crippen LogP) is -7.14. The topological polar surface area (TPSA) is 605 Å². The first-order chi connectivity index (χ1) is 51.2. The monoisotopic (exact) mass is 1500 g/mol. The van der Waals surface area contributed by atoms with Gasteiger partial charge in [-0.2, -0.15) is 0 Å². The van der Waals surface area contributed by atoms with Crippen LogP contribution in [-0.2, 0) is 88.0 Å². The van der Waals surface area contributed by atoms with Crippen molar-refractivity contribution in [3.63, 3.8) is 0 Å². The predicted molar refractivity (Wildman–Crippen MR) is 370 cm³/mol. The molecule has 580 valence electrons. The molecule has 38 heteroatoms. The minimum Gasteiger partial charge on any atom is -0.480 e. The molecular weight excluding hydrogens is 1410 g/mol. The molecule has 0 saturated carbocycles. The molecule has 22 N–H and O–H groups in total. The van der Waals surface area contributed by atoms with Gasteiger partial charge in [0.25, 0.3) is 0 Å². The molecule has 0 bridgehead atoms. The summed E-state index contributed by atoms with van der Waals surface area (Å²) in [6, 6.07) is 21.0. The molecule has 22 atom stereocenters. The first-order valence-corrected chi connectivity index (χ1v) is 33.9. The van der Waals surface area contributed by atoms with E-state index < -0.39 is 227 Å². The maximum atomic E-state index is 15.2. The number of aliphatic imine (C=N–C) groups is 4. The van der Waals surface area contributed by atoms with Crippen LogP contribution >= 0.6 is 0 Å². The number of nitrogens with one attached hydrogen (secondary N) is 6. The first kappa shape index (κ1) is 82.0. The van der Waals surface area contributed by atoms with Crippen molar-refractivity contribution in [3.05, 3.63) is 137 Å². The lowest BCUT2D eigenvalue weighted by atomic mass is 9.96. The fraction of sp³-hybridized carbons (Fsp3) is 0.493. The zero-order valence-corrected chi connectivity index (χ0v) is 57.5. The molecule has 5 heterocycles. The Morgan fingerprint density at radius 3 is 1.88 bits per heavy atom. The number of rotatable bonds is 36. The molecule has 4 aromatic rings. The number of amides is 5. The van der Waals surface area contributed by atoms with Crippen molar-refractivity contribution >= 4 is 65.1 Å². The highest BCUT2D eigenvalue weighted by atomic mass is 16.7. The highest BCUT2D eigenvalue weighted by Gasteiger charge is 2.53. The summed E-state index contributed by atoms with van der Waals surface area (Å²) in [4.78, 5) is 99.6. The first-order valence-electron chi connectivity index (χ1n) is 33.9. The summed E-state index contributed by atoms with van der Waals surface area (Å²) in [6.45, 7) is -2.91. The molecule has 5 aliphatic heterocycles. The molecule has 0 radical (unpaired) electrons. The molecule has 38 nitrogen and oxygen atoms in total. The summed E-state index contributed by atoms with van der Waals surface area (Å²) in [5, 5.41) is 151. The molecule has 0 aliphatic carbocycles. The third kappa shape index (κ3) is 21.8. The number of aliphatic hydroxyl groups is 11. The lowest BCUT2D eigenvalue weighted by Crippen LogP contribution is -2.67. The zero-order valence-electron chi connectivity index (χ0n) is 57.5. The van der Waals surface area contributed by atoms with E-state index in [2.05, 4.69) is 41.2 Å². The van der Waals surface area contributed by atoms with Crippen LogP contribution in [0.5, 0.6) is 5.75 Å². The number of carboxylic acids is 1. The number of aryl methyl sites for hydroxylation is 2. The SMILES string of the molecule is Cc1cccc(CC[C@H](N)C(=O)N[C@@H](Cc2ccc(OC3OC(CO)C(OC4OC(COCc5ccccc5)C(O)C(OCc5ccccc5)C4O)C(O)C3O)cc2)C(=O)N[C@H](C(=O)N[C@H](C(=O)N[C@@H](CO)C(=O)NCC(=O)O)C(OC2OC(CO)C(O)C(O)C2O)C2=NC(N)=NC2)C(O)C2=NC(=N)N=C2)c1. The van der Waals surface area contributed by atoms with Crippen LogP contribution in [-0.4, -0.2) is 300 Å². The van der Waals surface area contributed by atoms with Gasteiger partial charge >= 0.3 is 5.97 Å². The van der Waals surface area contributed by atoms with E-state index in [4.69, 9.17) is 54.8 Å². The minimum absolute atomic E-state index is 0.0327. The minimum atomic E-state index is -2.39. The van der Waals surface area contributed by atoms with Crippen LogP contribution in [0.1, 0.15) is 34.2 Å². The quantitative estimate of drug-likeness (QED) is 0.0201. The number of nitrogens with zero attached hydrogens (tertiary/aromatic N) is 4. The Morgan fingerprint density at radius 2 is 1.25 bits per heavy atom. The number of carbonyl (C=O) groups excluding carboxylic acids is 5. The fourth-order valence-corrected chi connectivity index (χ4v) is 12.0. The van der Waals surface area contributed by atoms with Crippen molar-refractivity contribution < 1.29 is 128 Å². The number of hydrogen-bond acceptors (Lipinski definition) is 30. The third-order valence-electron chi connectivity index (χ3n) is 17.8. The van der Waals surface area contributed by atoms with Crippen molar-refractivity contribution in [2.45, 2.75) is 174 Å². The largest absolute Gasteiger partial charge is 0.480 e. The number of aliphatic hydroxyl groups excluding tert-OH is 11. The van der Waals surface area contributed by atoms with Crippen molar-refractivity contribution in [2.24, 2.45) is 31.4 Å². The average molecular weight is 1500 g/mol. The normalized spacial score (nSPS) is 27.6. The second-order valence-corrected chi connectivity index (χ2v) is 25.7.